The summed E-state index contributed by atoms with van der Waals surface area (Å²) in [7, 11) is 0. The summed E-state index contributed by atoms with van der Waals surface area (Å²) in [5.41, 5.74) is 9.21. The summed E-state index contributed by atoms with van der Waals surface area (Å²) in [6.45, 7) is 2.63. The van der Waals surface area contributed by atoms with Gasteiger partial charge in [0.15, 0.2) is 0 Å². The van der Waals surface area contributed by atoms with Gasteiger partial charge in [-0.25, -0.2) is 9.97 Å². The second-order valence-corrected chi connectivity index (χ2v) is 6.22. The number of aromatic nitrogens is 2. The molecule has 0 spiro atoms. The van der Waals surface area contributed by atoms with Crippen molar-refractivity contribution in [3.05, 3.63) is 60.3 Å². The van der Waals surface area contributed by atoms with Crippen molar-refractivity contribution in [2.24, 2.45) is 0 Å². The van der Waals surface area contributed by atoms with Crippen LogP contribution >= 0.6 is 0 Å². The molecule has 7 heteroatoms. The van der Waals surface area contributed by atoms with Gasteiger partial charge in [-0.1, -0.05) is 12.1 Å². The molecule has 0 fully saturated rings. The van der Waals surface area contributed by atoms with Gasteiger partial charge in [0.1, 0.15) is 17.3 Å². The van der Waals surface area contributed by atoms with Gasteiger partial charge in [0.25, 0.3) is 5.91 Å². The molecule has 3 rings (SSSR count). The number of anilines is 1. The Morgan fingerprint density at radius 1 is 1.07 bits per heavy atom. The summed E-state index contributed by atoms with van der Waals surface area (Å²) >= 11 is 0. The fraction of sp³-hybridized carbons (Fsp3) is 0.190. The van der Waals surface area contributed by atoms with Gasteiger partial charge in [0.05, 0.1) is 18.5 Å². The number of nitrogens with two attached hydrogens (primary N) is 1. The van der Waals surface area contributed by atoms with Crippen molar-refractivity contribution in [2.45, 2.75) is 6.92 Å². The van der Waals surface area contributed by atoms with E-state index in [4.69, 9.17) is 10.8 Å². The van der Waals surface area contributed by atoms with Crippen molar-refractivity contribution < 1.29 is 15.0 Å². The fourth-order valence-corrected chi connectivity index (χ4v) is 2.86. The first-order valence-electron chi connectivity index (χ1n) is 8.96. The molecule has 0 bridgehead atoms. The zero-order chi connectivity index (χ0) is 20.1. The number of likely N-dealkylation sites (N-methyl/N-ethyl adjacent to an activating group) is 1. The van der Waals surface area contributed by atoms with Crippen molar-refractivity contribution in [3.8, 4) is 28.3 Å². The van der Waals surface area contributed by atoms with E-state index < -0.39 is 0 Å². The number of aliphatic hydroxyl groups excluding tert-OH is 1. The molecule has 4 N–H and O–H groups in total. The number of aromatic hydroxyl groups is 1. The number of phenols is 1. The maximum Gasteiger partial charge on any atom is 0.253 e. The first-order chi connectivity index (χ1) is 13.5. The van der Waals surface area contributed by atoms with Gasteiger partial charge in [-0.15, -0.1) is 0 Å². The zero-order valence-corrected chi connectivity index (χ0v) is 15.5. The molecular weight excluding hydrogens is 356 g/mol. The first-order valence-corrected chi connectivity index (χ1v) is 8.96. The summed E-state index contributed by atoms with van der Waals surface area (Å²) in [6.07, 6.45) is 1.58. The van der Waals surface area contributed by atoms with E-state index in [-0.39, 0.29) is 18.3 Å². The normalized spacial score (nSPS) is 10.6. The van der Waals surface area contributed by atoms with E-state index in [0.29, 0.717) is 35.9 Å². The Morgan fingerprint density at radius 2 is 1.71 bits per heavy atom. The van der Waals surface area contributed by atoms with E-state index in [0.717, 1.165) is 11.1 Å². The number of carbonyl (C=O) groups excluding carboxylic acids is 1. The zero-order valence-electron chi connectivity index (χ0n) is 15.5. The minimum absolute atomic E-state index is 0.0707. The topological polar surface area (TPSA) is 113 Å². The SMILES string of the molecule is CCN(CCO)C(=O)c1ccc(-c2cnc(N)c(-c3ccc(O)cc3)n2)cc1. The van der Waals surface area contributed by atoms with Crippen LogP contribution < -0.4 is 5.73 Å². The molecule has 0 aliphatic heterocycles. The number of nitrogens with zero attached hydrogens (tertiary/aromatic N) is 3. The van der Waals surface area contributed by atoms with Crippen LogP contribution in [0.1, 0.15) is 17.3 Å². The second kappa shape index (κ2) is 8.49. The molecule has 7 nitrogen and oxygen atoms in total. The molecular formula is C21H22N4O3. The number of amides is 1. The summed E-state index contributed by atoms with van der Waals surface area (Å²) < 4.78 is 0. The Hall–Kier alpha value is -3.45. The van der Waals surface area contributed by atoms with Crippen molar-refractivity contribution in [2.75, 3.05) is 25.4 Å². The van der Waals surface area contributed by atoms with Crippen LogP contribution in [0.15, 0.2) is 54.7 Å². The van der Waals surface area contributed by atoms with Crippen LogP contribution in [0, 0.1) is 0 Å². The van der Waals surface area contributed by atoms with Crippen LogP contribution in [0.4, 0.5) is 5.82 Å². The second-order valence-electron chi connectivity index (χ2n) is 6.22. The largest absolute Gasteiger partial charge is 0.508 e. The molecule has 1 amide bonds. The summed E-state index contributed by atoms with van der Waals surface area (Å²) in [6, 6.07) is 13.7. The smallest absolute Gasteiger partial charge is 0.253 e. The highest BCUT2D eigenvalue weighted by Crippen LogP contribution is 2.27. The number of carbonyl (C=O) groups is 1. The van der Waals surface area contributed by atoms with Gasteiger partial charge >= 0.3 is 0 Å². The van der Waals surface area contributed by atoms with Gasteiger partial charge in [-0.2, -0.15) is 0 Å². The van der Waals surface area contributed by atoms with E-state index in [9.17, 15) is 9.90 Å². The van der Waals surface area contributed by atoms with Crippen molar-refractivity contribution in [3.63, 3.8) is 0 Å². The predicted molar refractivity (Wildman–Crippen MR) is 108 cm³/mol. The van der Waals surface area contributed by atoms with Crippen LogP contribution in [0.3, 0.4) is 0 Å². The predicted octanol–water partition coefficient (Wildman–Crippen LogP) is 2.55. The highest BCUT2D eigenvalue weighted by molar-refractivity contribution is 5.94. The Morgan fingerprint density at radius 3 is 2.32 bits per heavy atom. The van der Waals surface area contributed by atoms with E-state index in [2.05, 4.69) is 9.97 Å². The van der Waals surface area contributed by atoms with Crippen LogP contribution in [0.25, 0.3) is 22.5 Å². The average Bonchev–Trinajstić information content (AvgIpc) is 2.73. The van der Waals surface area contributed by atoms with Crippen molar-refractivity contribution >= 4 is 11.7 Å². The van der Waals surface area contributed by atoms with Crippen LogP contribution in [-0.2, 0) is 0 Å². The van der Waals surface area contributed by atoms with Gasteiger partial charge in [0, 0.05) is 29.8 Å². The van der Waals surface area contributed by atoms with Crippen LogP contribution in [0.5, 0.6) is 5.75 Å². The minimum Gasteiger partial charge on any atom is -0.508 e. The van der Waals surface area contributed by atoms with E-state index in [1.54, 1.807) is 59.6 Å². The lowest BCUT2D eigenvalue weighted by Crippen LogP contribution is -2.33. The summed E-state index contributed by atoms with van der Waals surface area (Å²) in [4.78, 5) is 22.9. The molecule has 3 aromatic rings. The third-order valence-electron chi connectivity index (χ3n) is 4.41. The molecule has 0 aliphatic carbocycles. The molecule has 28 heavy (non-hydrogen) atoms. The lowest BCUT2D eigenvalue weighted by Gasteiger charge is -2.19. The number of benzene rings is 2. The monoisotopic (exact) mass is 378 g/mol. The average molecular weight is 378 g/mol. The molecule has 1 heterocycles. The highest BCUT2D eigenvalue weighted by Gasteiger charge is 2.14. The maximum atomic E-state index is 12.5. The molecule has 2 aromatic carbocycles. The molecule has 0 radical (unpaired) electrons. The summed E-state index contributed by atoms with van der Waals surface area (Å²) in [5, 5.41) is 18.5. The van der Waals surface area contributed by atoms with Gasteiger partial charge in [-0.3, -0.25) is 4.79 Å². The Labute approximate surface area is 163 Å². The lowest BCUT2D eigenvalue weighted by molar-refractivity contribution is 0.0732. The number of phenolic OH excluding ortho intramolecular Hbond substituents is 1. The number of hydrogen-bond donors (Lipinski definition) is 3. The Bertz CT molecular complexity index is 956. The van der Waals surface area contributed by atoms with Crippen molar-refractivity contribution in [1.29, 1.82) is 0 Å². The highest BCUT2D eigenvalue weighted by atomic mass is 16.3. The van der Waals surface area contributed by atoms with Crippen LogP contribution in [-0.4, -0.2) is 50.7 Å². The van der Waals surface area contributed by atoms with E-state index in [1.165, 1.54) is 0 Å². The third kappa shape index (κ3) is 4.10. The van der Waals surface area contributed by atoms with Crippen LogP contribution in [0.2, 0.25) is 0 Å². The van der Waals surface area contributed by atoms with E-state index in [1.807, 2.05) is 6.92 Å². The fourth-order valence-electron chi connectivity index (χ4n) is 2.86. The maximum absolute atomic E-state index is 12.5. The summed E-state index contributed by atoms with van der Waals surface area (Å²) in [5.74, 6) is 0.328. The number of rotatable bonds is 6. The number of aliphatic hydroxyl groups is 1. The lowest BCUT2D eigenvalue weighted by atomic mass is 10.1. The number of hydrogen-bond acceptors (Lipinski definition) is 6. The van der Waals surface area contributed by atoms with Crippen molar-refractivity contribution in [1.82, 2.24) is 14.9 Å². The number of nitrogen functional groups attached to an aromatic ring is 1. The quantitative estimate of drug-likeness (QED) is 0.608. The Balaban J connectivity index is 1.89. The molecule has 0 atom stereocenters. The molecule has 1 aromatic heterocycles. The molecule has 0 unspecified atom stereocenters. The Kier molecular flexibility index (Phi) is 5.86. The third-order valence-corrected chi connectivity index (χ3v) is 4.41. The minimum atomic E-state index is -0.128. The standard InChI is InChI=1S/C21H22N4O3/c1-2-25(11-12-26)21(28)16-5-3-14(4-6-16)18-13-23-20(22)19(24-18)15-7-9-17(27)10-8-15/h3-10,13,26-27H,2,11-12H2,1H3,(H2,22,23). The molecule has 0 aliphatic rings. The van der Waals surface area contributed by atoms with Gasteiger partial charge < -0.3 is 20.8 Å². The molecule has 0 saturated heterocycles. The first kappa shape index (κ1) is 19.3. The molecule has 144 valence electrons. The van der Waals surface area contributed by atoms with Gasteiger partial charge in [-0.05, 0) is 43.3 Å². The van der Waals surface area contributed by atoms with Gasteiger partial charge in [0.2, 0.25) is 0 Å². The van der Waals surface area contributed by atoms with E-state index >= 15 is 0 Å². The molecule has 0 saturated carbocycles.